The molecule has 2 aliphatic heterocycles. The zero-order chi connectivity index (χ0) is 14.7. The fourth-order valence-corrected chi connectivity index (χ4v) is 3.32. The van der Waals surface area contributed by atoms with Crippen molar-refractivity contribution in [2.45, 2.75) is 19.3 Å². The Bertz CT molecular complexity index is 501. The molecule has 2 fully saturated rings. The van der Waals surface area contributed by atoms with Crippen LogP contribution in [0.1, 0.15) is 29.6 Å². The maximum atomic E-state index is 12.4. The highest BCUT2D eigenvalue weighted by Gasteiger charge is 2.32. The molecule has 0 spiro atoms. The smallest absolute Gasteiger partial charge is 0.227 e. The van der Waals surface area contributed by atoms with Gasteiger partial charge in [-0.15, -0.1) is 0 Å². The number of nitrogens with zero attached hydrogens (tertiary/aromatic N) is 1. The van der Waals surface area contributed by atoms with Gasteiger partial charge in [0, 0.05) is 31.1 Å². The summed E-state index contributed by atoms with van der Waals surface area (Å²) in [5.74, 6) is 0.709. The van der Waals surface area contributed by atoms with E-state index in [1.54, 1.807) is 0 Å². The third-order valence-corrected chi connectivity index (χ3v) is 4.65. The molecule has 0 saturated carbocycles. The van der Waals surface area contributed by atoms with E-state index in [0.717, 1.165) is 51.0 Å². The highest BCUT2D eigenvalue weighted by atomic mass is 16.2. The van der Waals surface area contributed by atoms with Gasteiger partial charge in [0.15, 0.2) is 5.78 Å². The summed E-state index contributed by atoms with van der Waals surface area (Å²) < 4.78 is 0. The molecule has 4 heteroatoms. The Balaban J connectivity index is 1.55. The lowest BCUT2D eigenvalue weighted by Gasteiger charge is -2.33. The van der Waals surface area contributed by atoms with E-state index in [2.05, 4.69) is 5.32 Å². The first kappa shape index (κ1) is 14.3. The molecule has 1 atom stereocenters. The van der Waals surface area contributed by atoms with Crippen molar-refractivity contribution in [1.82, 2.24) is 10.2 Å². The molecule has 21 heavy (non-hydrogen) atoms. The Morgan fingerprint density at radius 2 is 1.71 bits per heavy atom. The zero-order valence-corrected chi connectivity index (χ0v) is 12.3. The number of rotatable bonds is 3. The maximum absolute atomic E-state index is 12.4. The van der Waals surface area contributed by atoms with Gasteiger partial charge in [-0.2, -0.15) is 0 Å². The molecule has 2 aliphatic rings. The number of carbonyl (C=O) groups excluding carboxylic acids is 2. The van der Waals surface area contributed by atoms with Gasteiger partial charge in [-0.25, -0.2) is 0 Å². The van der Waals surface area contributed by atoms with Gasteiger partial charge < -0.3 is 10.2 Å². The van der Waals surface area contributed by atoms with Crippen LogP contribution in [0.2, 0.25) is 0 Å². The van der Waals surface area contributed by atoms with Crippen molar-refractivity contribution in [3.63, 3.8) is 0 Å². The summed E-state index contributed by atoms with van der Waals surface area (Å²) in [7, 11) is 0. The van der Waals surface area contributed by atoms with E-state index >= 15 is 0 Å². The van der Waals surface area contributed by atoms with Crippen LogP contribution in [-0.4, -0.2) is 42.8 Å². The number of hydrogen-bond donors (Lipinski definition) is 1. The number of carbonyl (C=O) groups is 2. The summed E-state index contributed by atoms with van der Waals surface area (Å²) in [5, 5.41) is 3.24. The number of amides is 1. The molecule has 0 aliphatic carbocycles. The largest absolute Gasteiger partial charge is 0.342 e. The van der Waals surface area contributed by atoms with E-state index in [4.69, 9.17) is 0 Å². The number of piperidine rings is 1. The van der Waals surface area contributed by atoms with Crippen molar-refractivity contribution >= 4 is 11.7 Å². The van der Waals surface area contributed by atoms with Crippen LogP contribution in [0.15, 0.2) is 30.3 Å². The van der Waals surface area contributed by atoms with Crippen LogP contribution in [0, 0.1) is 11.8 Å². The summed E-state index contributed by atoms with van der Waals surface area (Å²) in [6, 6.07) is 9.49. The highest BCUT2D eigenvalue weighted by Crippen LogP contribution is 2.23. The van der Waals surface area contributed by atoms with Crippen molar-refractivity contribution in [1.29, 1.82) is 0 Å². The molecule has 0 bridgehead atoms. The number of ketones is 1. The molecule has 4 nitrogen and oxygen atoms in total. The van der Waals surface area contributed by atoms with E-state index in [9.17, 15) is 9.59 Å². The molecule has 1 aromatic rings. The Kier molecular flexibility index (Phi) is 4.34. The minimum absolute atomic E-state index is 0.0677. The third kappa shape index (κ3) is 3.16. The van der Waals surface area contributed by atoms with Gasteiger partial charge in [-0.05, 0) is 25.8 Å². The van der Waals surface area contributed by atoms with E-state index < -0.39 is 0 Å². The van der Waals surface area contributed by atoms with Crippen molar-refractivity contribution in [3.8, 4) is 0 Å². The highest BCUT2D eigenvalue weighted by molar-refractivity contribution is 5.98. The van der Waals surface area contributed by atoms with E-state index in [-0.39, 0.29) is 23.5 Å². The second kappa shape index (κ2) is 6.39. The van der Waals surface area contributed by atoms with E-state index in [1.165, 1.54) is 0 Å². The molecule has 2 saturated heterocycles. The van der Waals surface area contributed by atoms with Gasteiger partial charge in [-0.1, -0.05) is 30.3 Å². The SMILES string of the molecule is O=C(c1ccccc1)C1CCN(C(=O)C2CCNC2)CC1. The van der Waals surface area contributed by atoms with Gasteiger partial charge >= 0.3 is 0 Å². The maximum Gasteiger partial charge on any atom is 0.227 e. The second-order valence-electron chi connectivity index (χ2n) is 6.02. The number of benzene rings is 1. The molecule has 2 heterocycles. The van der Waals surface area contributed by atoms with Gasteiger partial charge in [-0.3, -0.25) is 9.59 Å². The van der Waals surface area contributed by atoms with Gasteiger partial charge in [0.1, 0.15) is 0 Å². The van der Waals surface area contributed by atoms with Crippen LogP contribution in [0.5, 0.6) is 0 Å². The predicted molar refractivity (Wildman–Crippen MR) is 81.1 cm³/mol. The van der Waals surface area contributed by atoms with Crippen LogP contribution in [0.3, 0.4) is 0 Å². The molecule has 1 N–H and O–H groups in total. The first-order valence-electron chi connectivity index (χ1n) is 7.84. The van der Waals surface area contributed by atoms with Crippen LogP contribution in [0.25, 0.3) is 0 Å². The average Bonchev–Trinajstić information content (AvgIpc) is 3.09. The topological polar surface area (TPSA) is 49.4 Å². The predicted octanol–water partition coefficient (Wildman–Crippen LogP) is 1.72. The molecule has 3 rings (SSSR count). The van der Waals surface area contributed by atoms with Crippen LogP contribution in [0.4, 0.5) is 0 Å². The lowest BCUT2D eigenvalue weighted by molar-refractivity contribution is -0.136. The zero-order valence-electron chi connectivity index (χ0n) is 12.3. The van der Waals surface area contributed by atoms with Crippen molar-refractivity contribution in [2.24, 2.45) is 11.8 Å². The summed E-state index contributed by atoms with van der Waals surface area (Å²) in [6.45, 7) is 3.19. The third-order valence-electron chi connectivity index (χ3n) is 4.65. The molecule has 0 radical (unpaired) electrons. The Labute approximate surface area is 125 Å². The fraction of sp³-hybridized carbons (Fsp3) is 0.529. The minimum Gasteiger partial charge on any atom is -0.342 e. The van der Waals surface area contributed by atoms with Crippen LogP contribution < -0.4 is 5.32 Å². The molecule has 1 unspecified atom stereocenters. The van der Waals surface area contributed by atoms with E-state index in [1.807, 2.05) is 35.2 Å². The molecular formula is C17H22N2O2. The Hall–Kier alpha value is -1.68. The normalized spacial score (nSPS) is 23.2. The average molecular weight is 286 g/mol. The van der Waals surface area contributed by atoms with E-state index in [0.29, 0.717) is 0 Å². The fourth-order valence-electron chi connectivity index (χ4n) is 3.32. The summed E-state index contributed by atoms with van der Waals surface area (Å²) in [4.78, 5) is 26.7. The molecule has 1 aromatic carbocycles. The standard InChI is InChI=1S/C17H22N2O2/c20-16(13-4-2-1-3-5-13)14-7-10-19(11-8-14)17(21)15-6-9-18-12-15/h1-5,14-15,18H,6-12H2. The Morgan fingerprint density at radius 3 is 2.33 bits per heavy atom. The van der Waals surface area contributed by atoms with Crippen LogP contribution in [-0.2, 0) is 4.79 Å². The second-order valence-corrected chi connectivity index (χ2v) is 6.02. The molecule has 112 valence electrons. The quantitative estimate of drug-likeness (QED) is 0.861. The number of hydrogen-bond acceptors (Lipinski definition) is 3. The lowest BCUT2D eigenvalue weighted by atomic mass is 9.88. The summed E-state index contributed by atoms with van der Waals surface area (Å²) in [6.07, 6.45) is 2.53. The van der Waals surface area contributed by atoms with Crippen LogP contribution >= 0.6 is 0 Å². The van der Waals surface area contributed by atoms with Gasteiger partial charge in [0.05, 0.1) is 5.92 Å². The first-order valence-corrected chi connectivity index (χ1v) is 7.84. The van der Waals surface area contributed by atoms with Crippen molar-refractivity contribution in [3.05, 3.63) is 35.9 Å². The molecular weight excluding hydrogens is 264 g/mol. The molecule has 0 aromatic heterocycles. The van der Waals surface area contributed by atoms with Gasteiger partial charge in [0.2, 0.25) is 5.91 Å². The Morgan fingerprint density at radius 1 is 1.00 bits per heavy atom. The number of Topliss-reactive ketones (excluding diaryl/α,β-unsaturated/α-hetero) is 1. The summed E-state index contributed by atoms with van der Waals surface area (Å²) >= 11 is 0. The molecule has 1 amide bonds. The minimum atomic E-state index is 0.0677. The van der Waals surface area contributed by atoms with Gasteiger partial charge in [0.25, 0.3) is 0 Å². The monoisotopic (exact) mass is 286 g/mol. The van der Waals surface area contributed by atoms with Crippen molar-refractivity contribution < 1.29 is 9.59 Å². The first-order chi connectivity index (χ1) is 10.3. The summed E-state index contributed by atoms with van der Waals surface area (Å²) in [5.41, 5.74) is 0.794. The lowest BCUT2D eigenvalue weighted by Crippen LogP contribution is -2.43. The number of nitrogens with one attached hydrogen (secondary N) is 1. The van der Waals surface area contributed by atoms with Crippen molar-refractivity contribution in [2.75, 3.05) is 26.2 Å². The number of likely N-dealkylation sites (tertiary alicyclic amines) is 1.